The van der Waals surface area contributed by atoms with Gasteiger partial charge in [0.2, 0.25) is 5.13 Å². The van der Waals surface area contributed by atoms with E-state index in [2.05, 4.69) is 19.9 Å². The Balaban J connectivity index is 1.63. The minimum Gasteiger partial charge on any atom is -0.373 e. The Bertz CT molecular complexity index is 1700. The number of hydrogen-bond donors (Lipinski definition) is 1. The van der Waals surface area contributed by atoms with Crippen LogP contribution in [0.2, 0.25) is 0 Å². The van der Waals surface area contributed by atoms with Crippen molar-refractivity contribution in [1.82, 2.24) is 15.2 Å². The van der Waals surface area contributed by atoms with Crippen LogP contribution >= 0.6 is 11.3 Å². The van der Waals surface area contributed by atoms with E-state index < -0.39 is 27.4 Å². The number of nitrogens with one attached hydrogen (secondary N) is 1. The molecule has 0 spiro atoms. The van der Waals surface area contributed by atoms with Crippen LogP contribution in [0.3, 0.4) is 0 Å². The molecule has 0 radical (unpaired) electrons. The van der Waals surface area contributed by atoms with Crippen LogP contribution in [0.4, 0.5) is 9.52 Å². The number of benzene rings is 2. The number of nitriles is 1. The molecule has 2 aromatic carbocycles. The predicted molar refractivity (Wildman–Crippen MR) is 139 cm³/mol. The van der Waals surface area contributed by atoms with E-state index in [1.807, 2.05) is 24.3 Å². The summed E-state index contributed by atoms with van der Waals surface area (Å²) in [5.41, 5.74) is 1.61. The van der Waals surface area contributed by atoms with Crippen molar-refractivity contribution in [3.05, 3.63) is 95.0 Å². The largest absolute Gasteiger partial charge is 0.373 e. The molecule has 37 heavy (non-hydrogen) atoms. The van der Waals surface area contributed by atoms with Gasteiger partial charge in [0.05, 0.1) is 27.7 Å². The maximum absolute atomic E-state index is 16.2. The highest BCUT2D eigenvalue weighted by Crippen LogP contribution is 2.48. The SMILES string of the molecule is COC1(C)C=C(c2ccccc2)C(C#N)=C(F)C1c1nccc2cc(S(=O)(=O)Nc3nncs3)ccc12. The Morgan fingerprint density at radius 3 is 2.65 bits per heavy atom. The average molecular weight is 534 g/mol. The molecule has 1 N–H and O–H groups in total. The fourth-order valence-electron chi connectivity index (χ4n) is 4.46. The zero-order valence-electron chi connectivity index (χ0n) is 19.7. The third-order valence-corrected chi connectivity index (χ3v) is 8.41. The number of ether oxygens (including phenoxy) is 1. The molecule has 0 saturated carbocycles. The first-order chi connectivity index (χ1) is 17.8. The van der Waals surface area contributed by atoms with Crippen molar-refractivity contribution in [2.24, 2.45) is 0 Å². The molecule has 2 atom stereocenters. The van der Waals surface area contributed by atoms with Crippen molar-refractivity contribution < 1.29 is 17.5 Å². The highest BCUT2D eigenvalue weighted by molar-refractivity contribution is 7.93. The van der Waals surface area contributed by atoms with Gasteiger partial charge >= 0.3 is 0 Å². The Morgan fingerprint density at radius 1 is 1.19 bits per heavy atom. The summed E-state index contributed by atoms with van der Waals surface area (Å²) in [5.74, 6) is -1.70. The van der Waals surface area contributed by atoms with Crippen LogP contribution in [0.15, 0.2) is 88.7 Å². The molecule has 0 fully saturated rings. The summed E-state index contributed by atoms with van der Waals surface area (Å²) < 4.78 is 50.2. The number of hydrogen-bond acceptors (Lipinski definition) is 8. The van der Waals surface area contributed by atoms with E-state index in [4.69, 9.17) is 4.74 Å². The Labute approximate surface area is 216 Å². The summed E-state index contributed by atoms with van der Waals surface area (Å²) in [6.07, 6.45) is 3.23. The lowest BCUT2D eigenvalue weighted by Crippen LogP contribution is -2.37. The van der Waals surface area contributed by atoms with Gasteiger partial charge in [0, 0.05) is 24.3 Å². The molecule has 186 valence electrons. The minimum absolute atomic E-state index is 0.00508. The number of sulfonamides is 1. The summed E-state index contributed by atoms with van der Waals surface area (Å²) in [6.45, 7) is 1.74. The lowest BCUT2D eigenvalue weighted by atomic mass is 9.74. The first kappa shape index (κ1) is 24.7. The van der Waals surface area contributed by atoms with E-state index >= 15 is 4.39 Å². The highest BCUT2D eigenvalue weighted by Gasteiger charge is 2.44. The molecular weight excluding hydrogens is 513 g/mol. The number of fused-ring (bicyclic) bond motifs is 1. The first-order valence-corrected chi connectivity index (χ1v) is 13.4. The van der Waals surface area contributed by atoms with Crippen LogP contribution in [-0.2, 0) is 14.8 Å². The molecule has 0 saturated heterocycles. The van der Waals surface area contributed by atoms with E-state index in [0.717, 1.165) is 11.3 Å². The first-order valence-electron chi connectivity index (χ1n) is 11.1. The molecule has 0 amide bonds. The normalized spacial score (nSPS) is 19.9. The topological polar surface area (TPSA) is 118 Å². The van der Waals surface area contributed by atoms with Crippen LogP contribution in [0.1, 0.15) is 24.1 Å². The summed E-state index contributed by atoms with van der Waals surface area (Å²) in [4.78, 5) is 4.47. The molecule has 0 bridgehead atoms. The van der Waals surface area contributed by atoms with Crippen molar-refractivity contribution in [2.75, 3.05) is 11.8 Å². The fourth-order valence-corrected chi connectivity index (χ4v) is 6.19. The van der Waals surface area contributed by atoms with Crippen LogP contribution in [-0.4, -0.2) is 36.3 Å². The second-order valence-corrected chi connectivity index (χ2v) is 11.0. The summed E-state index contributed by atoms with van der Waals surface area (Å²) >= 11 is 1.06. The van der Waals surface area contributed by atoms with E-state index in [9.17, 15) is 13.7 Å². The van der Waals surface area contributed by atoms with Gasteiger partial charge in [0.15, 0.2) is 0 Å². The number of methoxy groups -OCH3 is 1. The lowest BCUT2D eigenvalue weighted by Gasteiger charge is -2.37. The number of aromatic nitrogens is 3. The van der Waals surface area contributed by atoms with Gasteiger partial charge in [0.1, 0.15) is 17.4 Å². The van der Waals surface area contributed by atoms with Crippen molar-refractivity contribution >= 4 is 42.8 Å². The predicted octanol–water partition coefficient (Wildman–Crippen LogP) is 5.22. The van der Waals surface area contributed by atoms with Crippen LogP contribution in [0, 0.1) is 11.3 Å². The summed E-state index contributed by atoms with van der Waals surface area (Å²) in [6, 6.07) is 17.2. The van der Waals surface area contributed by atoms with E-state index in [1.165, 1.54) is 30.9 Å². The van der Waals surface area contributed by atoms with Gasteiger partial charge in [-0.2, -0.15) is 5.26 Å². The zero-order valence-corrected chi connectivity index (χ0v) is 21.3. The van der Waals surface area contributed by atoms with Crippen LogP contribution < -0.4 is 4.72 Å². The van der Waals surface area contributed by atoms with Crippen molar-refractivity contribution in [2.45, 2.75) is 23.3 Å². The van der Waals surface area contributed by atoms with Gasteiger partial charge in [-0.1, -0.05) is 47.7 Å². The fraction of sp³-hybridized carbons (Fsp3) is 0.154. The summed E-state index contributed by atoms with van der Waals surface area (Å²) in [7, 11) is -2.45. The lowest BCUT2D eigenvalue weighted by molar-refractivity contribution is 0.0265. The van der Waals surface area contributed by atoms with Gasteiger partial charge in [-0.3, -0.25) is 9.71 Å². The molecule has 11 heteroatoms. The minimum atomic E-state index is -3.92. The quantitative estimate of drug-likeness (QED) is 0.361. The van der Waals surface area contributed by atoms with Crippen molar-refractivity contribution in [3.8, 4) is 6.07 Å². The monoisotopic (exact) mass is 533 g/mol. The third kappa shape index (κ3) is 4.40. The van der Waals surface area contributed by atoms with Crippen LogP contribution in [0.5, 0.6) is 0 Å². The molecular formula is C26H20FN5O3S2. The smallest absolute Gasteiger partial charge is 0.263 e. The second-order valence-electron chi connectivity index (χ2n) is 8.51. The van der Waals surface area contributed by atoms with Crippen molar-refractivity contribution in [3.63, 3.8) is 0 Å². The molecule has 1 aliphatic carbocycles. The molecule has 0 aliphatic heterocycles. The van der Waals surface area contributed by atoms with Gasteiger partial charge in [0.25, 0.3) is 10.0 Å². The maximum Gasteiger partial charge on any atom is 0.263 e. The van der Waals surface area contributed by atoms with Crippen LogP contribution in [0.25, 0.3) is 16.3 Å². The standard InChI is InChI=1S/C26H20FN5O3S2/c1-26(35-2)13-20(16-6-4-3-5-7-16)21(14-28)23(27)22(26)24-19-9-8-18(12-17(19)10-11-29-24)37(33,34)32-25-31-30-15-36-25/h3-13,15,22H,1-2H3,(H,31,32). The summed E-state index contributed by atoms with van der Waals surface area (Å²) in [5, 5.41) is 18.5. The molecule has 4 aromatic rings. The number of allylic oxidation sites excluding steroid dienone is 2. The van der Waals surface area contributed by atoms with Gasteiger partial charge in [-0.05, 0) is 42.1 Å². The molecule has 2 aromatic heterocycles. The molecule has 8 nitrogen and oxygen atoms in total. The van der Waals surface area contributed by atoms with Gasteiger partial charge in [-0.25, -0.2) is 12.8 Å². The zero-order chi connectivity index (χ0) is 26.2. The van der Waals surface area contributed by atoms with Gasteiger partial charge in [-0.15, -0.1) is 10.2 Å². The van der Waals surface area contributed by atoms with E-state index in [0.29, 0.717) is 27.6 Å². The molecule has 5 rings (SSSR count). The maximum atomic E-state index is 16.2. The third-order valence-electron chi connectivity index (χ3n) is 6.33. The van der Waals surface area contributed by atoms with Gasteiger partial charge < -0.3 is 4.74 Å². The number of anilines is 1. The van der Waals surface area contributed by atoms with E-state index in [1.54, 1.807) is 37.3 Å². The number of rotatable bonds is 6. The molecule has 2 heterocycles. The van der Waals surface area contributed by atoms with E-state index in [-0.39, 0.29) is 15.6 Å². The second kappa shape index (κ2) is 9.48. The Morgan fingerprint density at radius 2 is 1.97 bits per heavy atom. The average Bonchev–Trinajstić information content (AvgIpc) is 3.41. The highest BCUT2D eigenvalue weighted by atomic mass is 32.2. The number of halogens is 1. The number of pyridine rings is 1. The molecule has 2 unspecified atom stereocenters. The van der Waals surface area contributed by atoms with Crippen molar-refractivity contribution in [1.29, 1.82) is 5.26 Å². The molecule has 1 aliphatic rings. The Kier molecular flexibility index (Phi) is 6.33. The number of nitrogens with zero attached hydrogens (tertiary/aromatic N) is 4. The Hall–Kier alpha value is -3.98.